The molecular formula is C22H22Cl2N2O. The van der Waals surface area contributed by atoms with Crippen molar-refractivity contribution in [3.05, 3.63) is 69.7 Å². The summed E-state index contributed by atoms with van der Waals surface area (Å²) in [5.41, 5.74) is 3.61. The van der Waals surface area contributed by atoms with Gasteiger partial charge in [0.2, 0.25) is 0 Å². The van der Waals surface area contributed by atoms with Crippen molar-refractivity contribution in [2.24, 2.45) is 11.1 Å². The summed E-state index contributed by atoms with van der Waals surface area (Å²) in [5.74, 6) is 0.854. The first-order valence-electron chi connectivity index (χ1n) is 9.64. The van der Waals surface area contributed by atoms with Crippen LogP contribution in [0.15, 0.2) is 53.7 Å². The maximum Gasteiger partial charge on any atom is 0.142 e. The summed E-state index contributed by atoms with van der Waals surface area (Å²) < 4.78 is 0. The number of oxime groups is 1. The fourth-order valence-corrected chi connectivity index (χ4v) is 5.55. The maximum absolute atomic E-state index is 6.31. The summed E-state index contributed by atoms with van der Waals surface area (Å²) in [6.45, 7) is 1.45. The van der Waals surface area contributed by atoms with Crippen LogP contribution in [0.5, 0.6) is 0 Å². The van der Waals surface area contributed by atoms with E-state index < -0.39 is 0 Å². The highest BCUT2D eigenvalue weighted by Crippen LogP contribution is 2.51. The predicted molar refractivity (Wildman–Crippen MR) is 109 cm³/mol. The second kappa shape index (κ2) is 7.12. The SMILES string of the molecule is Clc1ccc([C@H]2C[C@@H]3CC[C@@H]4[C@H]2/C(=N/OCc2ccccc2)CN34)cc1Cl. The summed E-state index contributed by atoms with van der Waals surface area (Å²) in [5, 5.41) is 5.87. The summed E-state index contributed by atoms with van der Waals surface area (Å²) in [7, 11) is 0. The van der Waals surface area contributed by atoms with Crippen LogP contribution in [0.1, 0.15) is 36.3 Å². The second-order valence-corrected chi connectivity index (χ2v) is 8.67. The molecule has 2 aromatic carbocycles. The summed E-state index contributed by atoms with van der Waals surface area (Å²) >= 11 is 12.5. The molecule has 0 radical (unpaired) electrons. The molecule has 3 fully saturated rings. The zero-order chi connectivity index (χ0) is 18.4. The minimum Gasteiger partial charge on any atom is -0.391 e. The van der Waals surface area contributed by atoms with Gasteiger partial charge in [0, 0.05) is 24.5 Å². The van der Waals surface area contributed by atoms with Gasteiger partial charge in [0.25, 0.3) is 0 Å². The molecule has 5 atom stereocenters. The number of rotatable bonds is 4. The molecule has 1 unspecified atom stereocenters. The van der Waals surface area contributed by atoms with Crippen molar-refractivity contribution in [2.45, 2.75) is 43.9 Å². The minimum atomic E-state index is 0.414. The largest absolute Gasteiger partial charge is 0.391 e. The van der Waals surface area contributed by atoms with Crippen LogP contribution in [0, 0.1) is 5.92 Å². The van der Waals surface area contributed by atoms with E-state index in [-0.39, 0.29) is 0 Å². The smallest absolute Gasteiger partial charge is 0.142 e. The number of halogens is 2. The molecule has 5 rings (SSSR count). The first kappa shape index (κ1) is 17.5. The van der Waals surface area contributed by atoms with Gasteiger partial charge in [-0.2, -0.15) is 0 Å². The number of nitrogens with zero attached hydrogens (tertiary/aromatic N) is 2. The topological polar surface area (TPSA) is 24.8 Å². The van der Waals surface area contributed by atoms with Crippen LogP contribution < -0.4 is 0 Å². The second-order valence-electron chi connectivity index (χ2n) is 7.85. The minimum absolute atomic E-state index is 0.414. The van der Waals surface area contributed by atoms with Gasteiger partial charge < -0.3 is 4.84 Å². The van der Waals surface area contributed by atoms with E-state index in [1.807, 2.05) is 30.3 Å². The molecule has 0 aromatic heterocycles. The highest BCUT2D eigenvalue weighted by atomic mass is 35.5. The van der Waals surface area contributed by atoms with Gasteiger partial charge in [0.05, 0.1) is 15.8 Å². The average molecular weight is 401 g/mol. The molecule has 2 aromatic rings. The zero-order valence-electron chi connectivity index (χ0n) is 15.0. The van der Waals surface area contributed by atoms with E-state index in [1.54, 1.807) is 0 Å². The highest BCUT2D eigenvalue weighted by molar-refractivity contribution is 6.42. The van der Waals surface area contributed by atoms with Gasteiger partial charge in [-0.05, 0) is 48.4 Å². The fourth-order valence-electron chi connectivity index (χ4n) is 5.25. The van der Waals surface area contributed by atoms with Crippen molar-refractivity contribution < 1.29 is 4.84 Å². The first-order valence-corrected chi connectivity index (χ1v) is 10.4. The monoisotopic (exact) mass is 400 g/mol. The number of benzene rings is 2. The predicted octanol–water partition coefficient (Wildman–Crippen LogP) is 5.52. The molecule has 0 N–H and O–H groups in total. The third-order valence-corrected chi connectivity index (χ3v) is 7.16. The van der Waals surface area contributed by atoms with E-state index in [4.69, 9.17) is 28.0 Å². The normalized spacial score (nSPS) is 32.8. The van der Waals surface area contributed by atoms with E-state index in [9.17, 15) is 0 Å². The van der Waals surface area contributed by atoms with E-state index in [0.29, 0.717) is 40.6 Å². The molecule has 140 valence electrons. The van der Waals surface area contributed by atoms with Crippen molar-refractivity contribution in [1.29, 1.82) is 0 Å². The number of hydrogen-bond acceptors (Lipinski definition) is 3. The Morgan fingerprint density at radius 1 is 1.04 bits per heavy atom. The van der Waals surface area contributed by atoms with E-state index >= 15 is 0 Å². The lowest BCUT2D eigenvalue weighted by Gasteiger charge is -2.36. The van der Waals surface area contributed by atoms with Crippen LogP contribution in [0.2, 0.25) is 10.0 Å². The van der Waals surface area contributed by atoms with Crippen LogP contribution in [-0.4, -0.2) is 29.2 Å². The van der Waals surface area contributed by atoms with E-state index in [1.165, 1.54) is 24.1 Å². The van der Waals surface area contributed by atoms with Crippen molar-refractivity contribution in [2.75, 3.05) is 6.54 Å². The quantitative estimate of drug-likeness (QED) is 0.631. The summed E-state index contributed by atoms with van der Waals surface area (Å²) in [6.07, 6.45) is 3.71. The summed E-state index contributed by atoms with van der Waals surface area (Å²) in [4.78, 5) is 8.40. The first-order chi connectivity index (χ1) is 13.2. The molecule has 0 spiro atoms. The van der Waals surface area contributed by atoms with Gasteiger partial charge in [-0.15, -0.1) is 0 Å². The molecule has 0 saturated carbocycles. The van der Waals surface area contributed by atoms with Gasteiger partial charge in [-0.3, -0.25) is 4.90 Å². The van der Waals surface area contributed by atoms with Gasteiger partial charge in [-0.1, -0.05) is 64.8 Å². The molecule has 4 bridgehead atoms. The van der Waals surface area contributed by atoms with Crippen molar-refractivity contribution in [3.8, 4) is 0 Å². The Labute approximate surface area is 169 Å². The molecule has 3 aliphatic heterocycles. The Kier molecular flexibility index (Phi) is 4.63. The maximum atomic E-state index is 6.31. The van der Waals surface area contributed by atoms with Crippen LogP contribution >= 0.6 is 23.2 Å². The lowest BCUT2D eigenvalue weighted by molar-refractivity contribution is 0.128. The van der Waals surface area contributed by atoms with Crippen LogP contribution in [0.3, 0.4) is 0 Å². The lowest BCUT2D eigenvalue weighted by Crippen LogP contribution is -2.40. The Balaban J connectivity index is 1.40. The fraction of sp³-hybridized carbons (Fsp3) is 0.409. The Morgan fingerprint density at radius 2 is 1.89 bits per heavy atom. The van der Waals surface area contributed by atoms with E-state index in [0.717, 1.165) is 18.5 Å². The van der Waals surface area contributed by atoms with Crippen LogP contribution in [-0.2, 0) is 11.4 Å². The van der Waals surface area contributed by atoms with Crippen molar-refractivity contribution in [3.63, 3.8) is 0 Å². The Bertz CT molecular complexity index is 870. The number of piperidine rings is 1. The molecule has 3 nitrogen and oxygen atoms in total. The Morgan fingerprint density at radius 3 is 2.70 bits per heavy atom. The van der Waals surface area contributed by atoms with Gasteiger partial charge in [0.15, 0.2) is 0 Å². The highest BCUT2D eigenvalue weighted by Gasteiger charge is 2.54. The third kappa shape index (κ3) is 3.16. The molecule has 3 aliphatic rings. The molecule has 0 amide bonds. The molecule has 3 saturated heterocycles. The molecule has 27 heavy (non-hydrogen) atoms. The van der Waals surface area contributed by atoms with Gasteiger partial charge in [-0.25, -0.2) is 0 Å². The summed E-state index contributed by atoms with van der Waals surface area (Å²) in [6, 6.07) is 17.5. The van der Waals surface area contributed by atoms with Crippen molar-refractivity contribution in [1.82, 2.24) is 4.90 Å². The van der Waals surface area contributed by atoms with E-state index in [2.05, 4.69) is 28.3 Å². The van der Waals surface area contributed by atoms with Crippen molar-refractivity contribution >= 4 is 28.9 Å². The third-order valence-electron chi connectivity index (χ3n) is 6.42. The standard InChI is InChI=1S/C22H22Cl2N2O/c23-18-8-6-15(10-19(18)24)17-11-16-7-9-21-22(17)20(12-26(16)21)25-27-13-14-4-2-1-3-5-14/h1-6,8,10,16-17,21-22H,7,9,11-13H2/b25-20+/t16-,17+,21+,22+/m0/s1. The number of hydrogen-bond donors (Lipinski definition) is 0. The van der Waals surface area contributed by atoms with Gasteiger partial charge >= 0.3 is 0 Å². The molecular weight excluding hydrogens is 379 g/mol. The van der Waals surface area contributed by atoms with Crippen LogP contribution in [0.25, 0.3) is 0 Å². The average Bonchev–Trinajstić information content (AvgIpc) is 3.10. The molecule has 3 heterocycles. The molecule has 0 aliphatic carbocycles. The zero-order valence-corrected chi connectivity index (χ0v) is 16.5. The van der Waals surface area contributed by atoms with Crippen LogP contribution in [0.4, 0.5) is 0 Å². The van der Waals surface area contributed by atoms with Gasteiger partial charge in [0.1, 0.15) is 6.61 Å². The lowest BCUT2D eigenvalue weighted by atomic mass is 9.77. The molecule has 5 heteroatoms. The Hall–Kier alpha value is -1.55.